The maximum Gasteiger partial charge on any atom is 0.255 e. The molecular weight excluding hydrogens is 469 g/mol. The van der Waals surface area contributed by atoms with E-state index in [1.807, 2.05) is 0 Å². The second kappa shape index (κ2) is 10.2. The summed E-state index contributed by atoms with van der Waals surface area (Å²) in [5, 5.41) is 2.87. The van der Waals surface area contributed by atoms with Gasteiger partial charge < -0.3 is 5.32 Å². The van der Waals surface area contributed by atoms with Crippen LogP contribution in [-0.2, 0) is 0 Å². The van der Waals surface area contributed by atoms with Crippen molar-refractivity contribution in [2.45, 2.75) is 0 Å². The molecule has 0 aromatic heterocycles. The molecule has 1 amide bonds. The summed E-state index contributed by atoms with van der Waals surface area (Å²) in [4.78, 5) is 50.6. The summed E-state index contributed by atoms with van der Waals surface area (Å²) in [6.07, 6.45) is 0. The van der Waals surface area contributed by atoms with Crippen LogP contribution in [0.3, 0.4) is 0 Å². The molecule has 0 aliphatic heterocycles. The Bertz CT molecular complexity index is 1450. The largest absolute Gasteiger partial charge is 0.321 e. The zero-order valence-electron chi connectivity index (χ0n) is 18.1. The van der Waals surface area contributed by atoms with Gasteiger partial charge in [-0.15, -0.1) is 0 Å². The van der Waals surface area contributed by atoms with E-state index in [1.165, 1.54) is 66.7 Å². The Morgan fingerprint density at radius 3 is 1.86 bits per heavy atom. The van der Waals surface area contributed by atoms with Crippen LogP contribution in [0.4, 0.5) is 10.1 Å². The number of halogens is 2. The van der Waals surface area contributed by atoms with Crippen LogP contribution in [0.25, 0.3) is 0 Å². The molecule has 0 aliphatic rings. The van der Waals surface area contributed by atoms with Crippen molar-refractivity contribution in [3.05, 3.63) is 136 Å². The van der Waals surface area contributed by atoms with Crippen molar-refractivity contribution in [3.8, 4) is 0 Å². The van der Waals surface area contributed by atoms with Crippen LogP contribution >= 0.6 is 11.6 Å². The molecule has 4 aromatic carbocycles. The maximum atomic E-state index is 14.2. The highest BCUT2D eigenvalue weighted by atomic mass is 35.5. The molecule has 1 N–H and O–H groups in total. The number of benzene rings is 4. The standard InChI is InChI=1S/C28H17ClFNO4/c29-20-14-15-24(22(16-20)27(34)21-8-4-5-9-23(21)30)31-28(35)19-12-10-18(11-13-19)26(33)25(32)17-6-2-1-3-7-17/h1-16H,(H,31,35). The zero-order chi connectivity index (χ0) is 24.9. The molecule has 4 aromatic rings. The summed E-state index contributed by atoms with van der Waals surface area (Å²) in [6.45, 7) is 0. The summed E-state index contributed by atoms with van der Waals surface area (Å²) in [7, 11) is 0. The number of Topliss-reactive ketones (excluding diaryl/α,β-unsaturated/α-hetero) is 2. The van der Waals surface area contributed by atoms with Gasteiger partial charge in [-0.2, -0.15) is 0 Å². The van der Waals surface area contributed by atoms with Gasteiger partial charge in [0, 0.05) is 27.3 Å². The molecule has 0 heterocycles. The van der Waals surface area contributed by atoms with E-state index in [9.17, 15) is 23.6 Å². The van der Waals surface area contributed by atoms with E-state index in [0.717, 1.165) is 0 Å². The second-order valence-corrected chi connectivity index (χ2v) is 7.99. The van der Waals surface area contributed by atoms with Crippen LogP contribution in [-0.4, -0.2) is 23.3 Å². The van der Waals surface area contributed by atoms with Crippen LogP contribution in [0.2, 0.25) is 5.02 Å². The Kier molecular flexibility index (Phi) is 6.94. The molecule has 0 bridgehead atoms. The number of carbonyl (C=O) groups excluding carboxylic acids is 4. The van der Waals surface area contributed by atoms with Crippen LogP contribution in [0.15, 0.2) is 97.1 Å². The molecular formula is C28H17ClFNO4. The fourth-order valence-electron chi connectivity index (χ4n) is 3.42. The lowest BCUT2D eigenvalue weighted by atomic mass is 10.00. The topological polar surface area (TPSA) is 80.3 Å². The fraction of sp³-hybridized carbons (Fsp3) is 0. The van der Waals surface area contributed by atoms with Crippen molar-refractivity contribution in [2.24, 2.45) is 0 Å². The molecule has 172 valence electrons. The van der Waals surface area contributed by atoms with E-state index >= 15 is 0 Å². The monoisotopic (exact) mass is 485 g/mol. The van der Waals surface area contributed by atoms with Crippen molar-refractivity contribution in [3.63, 3.8) is 0 Å². The van der Waals surface area contributed by atoms with E-state index in [4.69, 9.17) is 11.6 Å². The van der Waals surface area contributed by atoms with Gasteiger partial charge in [0.15, 0.2) is 5.78 Å². The van der Waals surface area contributed by atoms with Gasteiger partial charge in [0.1, 0.15) is 5.82 Å². The highest BCUT2D eigenvalue weighted by molar-refractivity contribution is 6.49. The molecule has 7 heteroatoms. The summed E-state index contributed by atoms with van der Waals surface area (Å²) in [5.41, 5.74) is 0.610. The minimum atomic E-state index is -0.696. The molecule has 0 unspecified atom stereocenters. The number of hydrogen-bond donors (Lipinski definition) is 1. The molecule has 0 spiro atoms. The average molecular weight is 486 g/mol. The van der Waals surface area contributed by atoms with Crippen molar-refractivity contribution < 1.29 is 23.6 Å². The van der Waals surface area contributed by atoms with Crippen molar-refractivity contribution >= 4 is 40.5 Å². The molecule has 4 rings (SSSR count). The smallest absolute Gasteiger partial charge is 0.255 e. The molecule has 0 saturated heterocycles. The third-order valence-corrected chi connectivity index (χ3v) is 5.48. The first-order valence-electron chi connectivity index (χ1n) is 10.5. The zero-order valence-corrected chi connectivity index (χ0v) is 18.9. The molecule has 0 atom stereocenters. The first kappa shape index (κ1) is 23.7. The SMILES string of the molecule is O=C(Nc1ccc(Cl)cc1C(=O)c1ccccc1F)c1ccc(C(=O)C(=O)c2ccccc2)cc1. The summed E-state index contributed by atoms with van der Waals surface area (Å²) in [5.74, 6) is -3.25. The lowest BCUT2D eigenvalue weighted by Gasteiger charge is -2.12. The van der Waals surface area contributed by atoms with Gasteiger partial charge in [0.25, 0.3) is 5.91 Å². The summed E-state index contributed by atoms with van der Waals surface area (Å²) < 4.78 is 14.2. The van der Waals surface area contributed by atoms with E-state index < -0.39 is 29.1 Å². The third kappa shape index (κ3) is 5.23. The van der Waals surface area contributed by atoms with Gasteiger partial charge in [-0.05, 0) is 42.5 Å². The van der Waals surface area contributed by atoms with Gasteiger partial charge >= 0.3 is 0 Å². The third-order valence-electron chi connectivity index (χ3n) is 5.24. The highest BCUT2D eigenvalue weighted by Crippen LogP contribution is 2.25. The average Bonchev–Trinajstić information content (AvgIpc) is 2.89. The Hall–Kier alpha value is -4.42. The lowest BCUT2D eigenvalue weighted by molar-refractivity contribution is 0.0817. The minimum absolute atomic E-state index is 0.0243. The predicted molar refractivity (Wildman–Crippen MR) is 131 cm³/mol. The number of amides is 1. The van der Waals surface area contributed by atoms with Crippen LogP contribution in [0.1, 0.15) is 47.0 Å². The van der Waals surface area contributed by atoms with Gasteiger partial charge in [0.2, 0.25) is 11.6 Å². The Morgan fingerprint density at radius 1 is 0.629 bits per heavy atom. The Balaban J connectivity index is 1.55. The van der Waals surface area contributed by atoms with E-state index in [1.54, 1.807) is 30.3 Å². The quantitative estimate of drug-likeness (QED) is 0.256. The van der Waals surface area contributed by atoms with Gasteiger partial charge in [0.05, 0.1) is 11.3 Å². The maximum absolute atomic E-state index is 14.2. The van der Waals surface area contributed by atoms with Crippen molar-refractivity contribution in [1.29, 1.82) is 0 Å². The molecule has 0 radical (unpaired) electrons. The van der Waals surface area contributed by atoms with E-state index in [-0.39, 0.29) is 38.5 Å². The second-order valence-electron chi connectivity index (χ2n) is 7.55. The highest BCUT2D eigenvalue weighted by Gasteiger charge is 2.21. The number of nitrogens with one attached hydrogen (secondary N) is 1. The first-order valence-corrected chi connectivity index (χ1v) is 10.9. The van der Waals surface area contributed by atoms with E-state index in [2.05, 4.69) is 5.32 Å². The number of rotatable bonds is 7. The Labute approximate surface area is 205 Å². The minimum Gasteiger partial charge on any atom is -0.321 e. The summed E-state index contributed by atoms with van der Waals surface area (Å²) in [6, 6.07) is 23.5. The first-order chi connectivity index (χ1) is 16.8. The normalized spacial score (nSPS) is 10.5. The lowest BCUT2D eigenvalue weighted by Crippen LogP contribution is -2.17. The number of carbonyl (C=O) groups is 4. The van der Waals surface area contributed by atoms with Crippen molar-refractivity contribution in [1.82, 2.24) is 0 Å². The van der Waals surface area contributed by atoms with Gasteiger partial charge in [-0.3, -0.25) is 19.2 Å². The number of ketones is 3. The summed E-state index contributed by atoms with van der Waals surface area (Å²) >= 11 is 6.04. The van der Waals surface area contributed by atoms with Crippen LogP contribution < -0.4 is 5.32 Å². The van der Waals surface area contributed by atoms with Gasteiger partial charge in [-0.25, -0.2) is 4.39 Å². The number of hydrogen-bond acceptors (Lipinski definition) is 4. The van der Waals surface area contributed by atoms with Crippen molar-refractivity contribution in [2.75, 3.05) is 5.32 Å². The number of anilines is 1. The Morgan fingerprint density at radius 2 is 1.20 bits per heavy atom. The fourth-order valence-corrected chi connectivity index (χ4v) is 3.60. The molecule has 35 heavy (non-hydrogen) atoms. The molecule has 0 saturated carbocycles. The van der Waals surface area contributed by atoms with Gasteiger partial charge in [-0.1, -0.05) is 66.2 Å². The van der Waals surface area contributed by atoms with E-state index in [0.29, 0.717) is 0 Å². The van der Waals surface area contributed by atoms with Crippen LogP contribution in [0.5, 0.6) is 0 Å². The van der Waals surface area contributed by atoms with Crippen LogP contribution in [0, 0.1) is 5.82 Å². The molecule has 0 fully saturated rings. The molecule has 0 aliphatic carbocycles. The predicted octanol–water partition coefficient (Wildman–Crippen LogP) is 6.03. The molecule has 5 nitrogen and oxygen atoms in total.